The first-order valence-corrected chi connectivity index (χ1v) is 7.12. The number of benzene rings is 1. The van der Waals surface area contributed by atoms with Crippen molar-refractivity contribution >= 4 is 17.5 Å². The number of likely N-dealkylation sites (N-methyl/N-ethyl adjacent to an activating group) is 1. The fourth-order valence-corrected chi connectivity index (χ4v) is 2.23. The quantitative estimate of drug-likeness (QED) is 0.834. The molecule has 0 unspecified atom stereocenters. The highest BCUT2D eigenvalue weighted by atomic mass is 35.5. The Hall–Kier alpha value is -2.41. The molecule has 0 saturated heterocycles. The molecule has 0 aliphatic carbocycles. The molecule has 0 bridgehead atoms. The maximum atomic E-state index is 13.7. The van der Waals surface area contributed by atoms with Gasteiger partial charge in [0.25, 0.3) is 5.56 Å². The smallest absolute Gasteiger partial charge is 0.331 e. The van der Waals surface area contributed by atoms with E-state index in [-0.39, 0.29) is 23.7 Å². The largest absolute Gasteiger partial charge is 0.340 e. The molecule has 0 spiro atoms. The Kier molecular flexibility index (Phi) is 5.00. The molecule has 0 saturated carbocycles. The Morgan fingerprint density at radius 3 is 2.65 bits per heavy atom. The Bertz CT molecular complexity index is 840. The first kappa shape index (κ1) is 17.0. The van der Waals surface area contributed by atoms with E-state index in [2.05, 4.69) is 0 Å². The van der Waals surface area contributed by atoms with Crippen molar-refractivity contribution in [2.45, 2.75) is 13.1 Å². The van der Waals surface area contributed by atoms with E-state index in [0.29, 0.717) is 0 Å². The van der Waals surface area contributed by atoms with E-state index < -0.39 is 23.0 Å². The first-order valence-electron chi connectivity index (χ1n) is 6.74. The zero-order chi connectivity index (χ0) is 17.1. The molecule has 1 amide bonds. The van der Waals surface area contributed by atoms with Gasteiger partial charge in [-0.05, 0) is 12.1 Å². The lowest BCUT2D eigenvalue weighted by Gasteiger charge is -2.19. The normalized spacial score (nSPS) is 10.6. The second-order valence-electron chi connectivity index (χ2n) is 5.07. The first-order chi connectivity index (χ1) is 10.8. The molecular weight excluding hydrogens is 325 g/mol. The highest BCUT2D eigenvalue weighted by molar-refractivity contribution is 6.31. The lowest BCUT2D eigenvalue weighted by Crippen LogP contribution is -2.40. The van der Waals surface area contributed by atoms with Gasteiger partial charge < -0.3 is 4.90 Å². The van der Waals surface area contributed by atoms with E-state index in [1.54, 1.807) is 0 Å². The van der Waals surface area contributed by atoms with E-state index in [4.69, 9.17) is 11.6 Å². The standard InChI is InChI=1S/C15H15ClFN3O3/c1-18(8-10-11(16)4-3-5-12(10)17)14(22)9-20-7-6-13(21)19(2)15(20)23/h3-7H,8-9H2,1-2H3. The van der Waals surface area contributed by atoms with Gasteiger partial charge in [-0.1, -0.05) is 17.7 Å². The van der Waals surface area contributed by atoms with Crippen molar-refractivity contribution in [3.05, 3.63) is 67.7 Å². The Balaban J connectivity index is 2.17. The number of aromatic nitrogens is 2. The number of carbonyl (C=O) groups excluding carboxylic acids is 1. The van der Waals surface area contributed by atoms with Crippen LogP contribution in [-0.4, -0.2) is 27.0 Å². The highest BCUT2D eigenvalue weighted by Crippen LogP contribution is 2.20. The molecule has 1 aromatic carbocycles. The minimum absolute atomic E-state index is 0.0230. The molecule has 23 heavy (non-hydrogen) atoms. The molecule has 8 heteroatoms. The van der Waals surface area contributed by atoms with E-state index in [0.717, 1.165) is 9.13 Å². The van der Waals surface area contributed by atoms with Crippen LogP contribution < -0.4 is 11.2 Å². The predicted octanol–water partition coefficient (Wildman–Crippen LogP) is 0.998. The average molecular weight is 340 g/mol. The number of rotatable bonds is 4. The molecule has 0 radical (unpaired) electrons. The second kappa shape index (κ2) is 6.78. The van der Waals surface area contributed by atoms with Crippen molar-refractivity contribution in [3.8, 4) is 0 Å². The highest BCUT2D eigenvalue weighted by Gasteiger charge is 2.15. The molecule has 1 heterocycles. The van der Waals surface area contributed by atoms with E-state index in [1.807, 2.05) is 0 Å². The van der Waals surface area contributed by atoms with Gasteiger partial charge in [-0.3, -0.25) is 18.7 Å². The SMILES string of the molecule is CN(Cc1c(F)cccc1Cl)C(=O)Cn1ccc(=O)n(C)c1=O. The molecule has 2 rings (SSSR count). The fraction of sp³-hybridized carbons (Fsp3) is 0.267. The molecular formula is C15H15ClFN3O3. The molecule has 0 atom stereocenters. The maximum Gasteiger partial charge on any atom is 0.331 e. The van der Waals surface area contributed by atoms with Crippen LogP contribution >= 0.6 is 11.6 Å². The third-order valence-electron chi connectivity index (χ3n) is 3.45. The Morgan fingerprint density at radius 2 is 2.00 bits per heavy atom. The zero-order valence-corrected chi connectivity index (χ0v) is 13.4. The summed E-state index contributed by atoms with van der Waals surface area (Å²) in [6.07, 6.45) is 1.26. The minimum atomic E-state index is -0.594. The Morgan fingerprint density at radius 1 is 1.30 bits per heavy atom. The van der Waals surface area contributed by atoms with Gasteiger partial charge in [0, 0.05) is 43.5 Å². The van der Waals surface area contributed by atoms with Gasteiger partial charge in [0.2, 0.25) is 5.91 Å². The van der Waals surface area contributed by atoms with E-state index >= 15 is 0 Å². The van der Waals surface area contributed by atoms with Crippen LogP contribution in [-0.2, 0) is 24.9 Å². The third-order valence-corrected chi connectivity index (χ3v) is 3.80. The van der Waals surface area contributed by atoms with Gasteiger partial charge in [0.05, 0.1) is 0 Å². The summed E-state index contributed by atoms with van der Waals surface area (Å²) in [6.45, 7) is -0.277. The maximum absolute atomic E-state index is 13.7. The minimum Gasteiger partial charge on any atom is -0.340 e. The van der Waals surface area contributed by atoms with Crippen LogP contribution in [0.3, 0.4) is 0 Å². The summed E-state index contributed by atoms with van der Waals surface area (Å²) in [6, 6.07) is 5.47. The van der Waals surface area contributed by atoms with Gasteiger partial charge in [0.1, 0.15) is 12.4 Å². The number of carbonyl (C=O) groups is 1. The topological polar surface area (TPSA) is 64.3 Å². The molecule has 0 fully saturated rings. The number of hydrogen-bond donors (Lipinski definition) is 0. The number of halogens is 2. The van der Waals surface area contributed by atoms with E-state index in [1.165, 1.54) is 49.5 Å². The van der Waals surface area contributed by atoms with Crippen LogP contribution in [0.4, 0.5) is 4.39 Å². The summed E-state index contributed by atoms with van der Waals surface area (Å²) >= 11 is 5.93. The molecule has 0 aliphatic rings. The third kappa shape index (κ3) is 3.68. The molecule has 0 aliphatic heterocycles. The lowest BCUT2D eigenvalue weighted by molar-refractivity contribution is -0.131. The average Bonchev–Trinajstić information content (AvgIpc) is 2.51. The predicted molar refractivity (Wildman–Crippen MR) is 83.8 cm³/mol. The van der Waals surface area contributed by atoms with Crippen LogP contribution in [0.15, 0.2) is 40.1 Å². The van der Waals surface area contributed by atoms with Crippen LogP contribution in [0.5, 0.6) is 0 Å². The summed E-state index contributed by atoms with van der Waals surface area (Å²) in [5.41, 5.74) is -0.841. The van der Waals surface area contributed by atoms with Crippen molar-refractivity contribution in [3.63, 3.8) is 0 Å². The summed E-state index contributed by atoms with van der Waals surface area (Å²) in [7, 11) is 2.81. The van der Waals surface area contributed by atoms with E-state index in [9.17, 15) is 18.8 Å². The molecule has 0 N–H and O–H groups in total. The molecule has 2 aromatic rings. The number of amides is 1. The zero-order valence-electron chi connectivity index (χ0n) is 12.6. The van der Waals surface area contributed by atoms with Crippen LogP contribution in [0, 0.1) is 5.82 Å². The van der Waals surface area contributed by atoms with Crippen molar-refractivity contribution in [2.75, 3.05) is 7.05 Å². The number of nitrogens with zero attached hydrogens (tertiary/aromatic N) is 3. The second-order valence-corrected chi connectivity index (χ2v) is 5.48. The summed E-state index contributed by atoms with van der Waals surface area (Å²) < 4.78 is 15.8. The van der Waals surface area contributed by atoms with Crippen molar-refractivity contribution < 1.29 is 9.18 Å². The van der Waals surface area contributed by atoms with Crippen LogP contribution in [0.25, 0.3) is 0 Å². The lowest BCUT2D eigenvalue weighted by atomic mass is 10.2. The van der Waals surface area contributed by atoms with Crippen molar-refractivity contribution in [2.24, 2.45) is 7.05 Å². The molecule has 122 valence electrons. The summed E-state index contributed by atoms with van der Waals surface area (Å²) in [5.74, 6) is -0.915. The van der Waals surface area contributed by atoms with Gasteiger partial charge >= 0.3 is 5.69 Å². The molecule has 6 nitrogen and oxygen atoms in total. The van der Waals surface area contributed by atoms with Crippen LogP contribution in [0.2, 0.25) is 5.02 Å². The van der Waals surface area contributed by atoms with Gasteiger partial charge in [-0.25, -0.2) is 9.18 Å². The monoisotopic (exact) mass is 339 g/mol. The molecule has 1 aromatic heterocycles. The van der Waals surface area contributed by atoms with Crippen LogP contribution in [0.1, 0.15) is 5.56 Å². The summed E-state index contributed by atoms with van der Waals surface area (Å²) in [4.78, 5) is 36.7. The fourth-order valence-electron chi connectivity index (χ4n) is 2.01. The Labute approximate surface area is 136 Å². The van der Waals surface area contributed by atoms with Gasteiger partial charge in [-0.15, -0.1) is 0 Å². The summed E-state index contributed by atoms with van der Waals surface area (Å²) in [5, 5.41) is 0.226. The van der Waals surface area contributed by atoms with Gasteiger partial charge in [-0.2, -0.15) is 0 Å². The van der Waals surface area contributed by atoms with Crippen molar-refractivity contribution in [1.29, 1.82) is 0 Å². The van der Waals surface area contributed by atoms with Gasteiger partial charge in [0.15, 0.2) is 0 Å². The van der Waals surface area contributed by atoms with Crippen molar-refractivity contribution in [1.82, 2.24) is 14.0 Å². The number of hydrogen-bond acceptors (Lipinski definition) is 3.